The highest BCUT2D eigenvalue weighted by molar-refractivity contribution is 8.18. The Morgan fingerprint density at radius 2 is 1.67 bits per heavy atom. The summed E-state index contributed by atoms with van der Waals surface area (Å²) in [5, 5.41) is 0.223. The van der Waals surface area contributed by atoms with E-state index in [4.69, 9.17) is 11.6 Å². The molecule has 4 rings (SSSR count). The number of amides is 2. The number of halogens is 1. The Hall–Kier alpha value is -2.29. The standard InChI is InChI=1S/C24H25ClN2O4S2/c1-24(13-3-2-4-14-24)16-27-22(28)21(32-23(27)29)15-17-5-9-19(10-6-17)26-33(30,31)20-11-7-18(25)8-12-20/h5-12,15,26H,2-4,13-14,16H2,1H3. The Morgan fingerprint density at radius 1 is 1.03 bits per heavy atom. The lowest BCUT2D eigenvalue weighted by Gasteiger charge is -2.35. The van der Waals surface area contributed by atoms with Crippen molar-refractivity contribution >= 4 is 56.3 Å². The average molecular weight is 505 g/mol. The van der Waals surface area contributed by atoms with E-state index < -0.39 is 10.0 Å². The van der Waals surface area contributed by atoms with Crippen LogP contribution in [-0.2, 0) is 14.8 Å². The Morgan fingerprint density at radius 3 is 2.30 bits per heavy atom. The molecule has 0 aromatic heterocycles. The van der Waals surface area contributed by atoms with E-state index in [1.807, 2.05) is 0 Å². The molecule has 1 aliphatic heterocycles. The summed E-state index contributed by atoms with van der Waals surface area (Å²) in [7, 11) is -3.74. The minimum atomic E-state index is -3.74. The quantitative estimate of drug-likeness (QED) is 0.477. The highest BCUT2D eigenvalue weighted by atomic mass is 35.5. The summed E-state index contributed by atoms with van der Waals surface area (Å²) in [5.41, 5.74) is 1.09. The monoisotopic (exact) mass is 504 g/mol. The molecule has 33 heavy (non-hydrogen) atoms. The van der Waals surface area contributed by atoms with Crippen molar-refractivity contribution < 1.29 is 18.0 Å². The third kappa shape index (κ3) is 5.62. The number of carbonyl (C=O) groups excluding carboxylic acids is 2. The molecule has 1 aliphatic carbocycles. The lowest BCUT2D eigenvalue weighted by atomic mass is 9.75. The number of benzene rings is 2. The molecule has 0 spiro atoms. The molecule has 6 nitrogen and oxygen atoms in total. The zero-order valence-electron chi connectivity index (χ0n) is 18.2. The van der Waals surface area contributed by atoms with Crippen LogP contribution in [0.15, 0.2) is 58.3 Å². The molecule has 1 heterocycles. The number of thioether (sulfide) groups is 1. The van der Waals surface area contributed by atoms with E-state index in [0.717, 1.165) is 37.4 Å². The Labute approximate surface area is 203 Å². The summed E-state index contributed by atoms with van der Waals surface area (Å²) in [4.78, 5) is 27.3. The van der Waals surface area contributed by atoms with Gasteiger partial charge in [0, 0.05) is 17.3 Å². The highest BCUT2D eigenvalue weighted by Crippen LogP contribution is 2.40. The summed E-state index contributed by atoms with van der Waals surface area (Å²) in [6, 6.07) is 12.5. The van der Waals surface area contributed by atoms with E-state index in [1.165, 1.54) is 35.6 Å². The number of nitrogens with zero attached hydrogens (tertiary/aromatic N) is 1. The third-order valence-corrected chi connectivity index (χ3v) is 8.62. The molecule has 2 aliphatic rings. The second-order valence-electron chi connectivity index (χ2n) is 8.82. The van der Waals surface area contributed by atoms with E-state index in [0.29, 0.717) is 27.7 Å². The normalized spacial score (nSPS) is 19.8. The molecule has 0 unspecified atom stereocenters. The summed E-state index contributed by atoms with van der Waals surface area (Å²) in [6.45, 7) is 2.61. The van der Waals surface area contributed by atoms with Crippen LogP contribution in [0, 0.1) is 5.41 Å². The van der Waals surface area contributed by atoms with Crippen LogP contribution < -0.4 is 4.72 Å². The van der Waals surface area contributed by atoms with Crippen LogP contribution in [-0.4, -0.2) is 31.0 Å². The van der Waals surface area contributed by atoms with Gasteiger partial charge in [-0.3, -0.25) is 19.2 Å². The lowest BCUT2D eigenvalue weighted by molar-refractivity contribution is -0.124. The van der Waals surface area contributed by atoms with Crippen molar-refractivity contribution in [1.82, 2.24) is 4.90 Å². The van der Waals surface area contributed by atoms with E-state index in [2.05, 4.69) is 11.6 Å². The third-order valence-electron chi connectivity index (χ3n) is 6.06. The molecule has 2 aromatic carbocycles. The largest absolute Gasteiger partial charge is 0.293 e. The van der Waals surface area contributed by atoms with Gasteiger partial charge in [0.25, 0.3) is 21.2 Å². The summed E-state index contributed by atoms with van der Waals surface area (Å²) < 4.78 is 27.6. The zero-order chi connectivity index (χ0) is 23.6. The molecular weight excluding hydrogens is 480 g/mol. The zero-order valence-corrected chi connectivity index (χ0v) is 20.6. The number of imide groups is 1. The lowest BCUT2D eigenvalue weighted by Crippen LogP contribution is -2.39. The van der Waals surface area contributed by atoms with Gasteiger partial charge in [0.2, 0.25) is 0 Å². The maximum atomic E-state index is 12.9. The van der Waals surface area contributed by atoms with Crippen LogP contribution in [0.5, 0.6) is 0 Å². The van der Waals surface area contributed by atoms with E-state index in [1.54, 1.807) is 30.3 Å². The van der Waals surface area contributed by atoms with Crippen molar-refractivity contribution in [1.29, 1.82) is 0 Å². The molecule has 0 radical (unpaired) electrons. The minimum absolute atomic E-state index is 0.0114. The van der Waals surface area contributed by atoms with Gasteiger partial charge < -0.3 is 0 Å². The van der Waals surface area contributed by atoms with Gasteiger partial charge in [-0.2, -0.15) is 0 Å². The summed E-state index contributed by atoms with van der Waals surface area (Å²) in [5.74, 6) is -0.260. The van der Waals surface area contributed by atoms with Crippen LogP contribution in [0.2, 0.25) is 5.02 Å². The first-order chi connectivity index (χ1) is 15.7. The van der Waals surface area contributed by atoms with Crippen molar-refractivity contribution in [3.63, 3.8) is 0 Å². The van der Waals surface area contributed by atoms with Crippen molar-refractivity contribution in [2.75, 3.05) is 11.3 Å². The molecule has 1 saturated heterocycles. The van der Waals surface area contributed by atoms with E-state index in [-0.39, 0.29) is 21.5 Å². The van der Waals surface area contributed by atoms with Gasteiger partial charge in [0.15, 0.2) is 0 Å². The Balaban J connectivity index is 1.44. The molecule has 0 bridgehead atoms. The summed E-state index contributed by atoms with van der Waals surface area (Å²) in [6.07, 6.45) is 7.21. The summed E-state index contributed by atoms with van der Waals surface area (Å²) >= 11 is 6.78. The molecule has 9 heteroatoms. The number of nitrogens with one attached hydrogen (secondary N) is 1. The molecule has 1 saturated carbocycles. The van der Waals surface area contributed by atoms with Gasteiger partial charge in [-0.25, -0.2) is 8.42 Å². The minimum Gasteiger partial charge on any atom is -0.280 e. The first-order valence-corrected chi connectivity index (χ1v) is 13.5. The van der Waals surface area contributed by atoms with Crippen molar-refractivity contribution in [3.05, 3.63) is 64.0 Å². The van der Waals surface area contributed by atoms with Gasteiger partial charge in [0.1, 0.15) is 0 Å². The number of anilines is 1. The topological polar surface area (TPSA) is 83.6 Å². The van der Waals surface area contributed by atoms with Crippen LogP contribution in [0.1, 0.15) is 44.6 Å². The maximum Gasteiger partial charge on any atom is 0.293 e. The smallest absolute Gasteiger partial charge is 0.280 e. The molecule has 2 amide bonds. The Kier molecular flexibility index (Phi) is 6.88. The van der Waals surface area contributed by atoms with Crippen molar-refractivity contribution in [2.45, 2.75) is 43.9 Å². The first kappa shape index (κ1) is 23.9. The fourth-order valence-electron chi connectivity index (χ4n) is 4.21. The number of hydrogen-bond donors (Lipinski definition) is 1. The molecule has 1 N–H and O–H groups in total. The van der Waals surface area contributed by atoms with Gasteiger partial charge in [-0.05, 0) is 78.1 Å². The number of hydrogen-bond acceptors (Lipinski definition) is 5. The fourth-order valence-corrected chi connectivity index (χ4v) is 6.23. The highest BCUT2D eigenvalue weighted by Gasteiger charge is 2.40. The first-order valence-electron chi connectivity index (χ1n) is 10.8. The predicted octanol–water partition coefficient (Wildman–Crippen LogP) is 6.15. The van der Waals surface area contributed by atoms with Crippen molar-refractivity contribution in [3.8, 4) is 0 Å². The second-order valence-corrected chi connectivity index (χ2v) is 11.9. The average Bonchev–Trinajstić information content (AvgIpc) is 3.03. The van der Waals surface area contributed by atoms with Crippen LogP contribution in [0.4, 0.5) is 10.5 Å². The van der Waals surface area contributed by atoms with Gasteiger partial charge in [-0.15, -0.1) is 0 Å². The number of rotatable bonds is 6. The Bertz CT molecular complexity index is 1190. The van der Waals surface area contributed by atoms with Gasteiger partial charge in [-0.1, -0.05) is 49.9 Å². The molecular formula is C24H25ClN2O4S2. The van der Waals surface area contributed by atoms with Crippen molar-refractivity contribution in [2.24, 2.45) is 5.41 Å². The molecule has 2 aromatic rings. The predicted molar refractivity (Wildman–Crippen MR) is 133 cm³/mol. The van der Waals surface area contributed by atoms with E-state index in [9.17, 15) is 18.0 Å². The molecule has 2 fully saturated rings. The molecule has 174 valence electrons. The van der Waals surface area contributed by atoms with Gasteiger partial charge >= 0.3 is 0 Å². The SMILES string of the molecule is CC1(CN2C(=O)SC(=Cc3ccc(NS(=O)(=O)c4ccc(Cl)cc4)cc3)C2=O)CCCCC1. The fraction of sp³-hybridized carbons (Fsp3) is 0.333. The maximum absolute atomic E-state index is 12.9. The van der Waals surface area contributed by atoms with Crippen LogP contribution in [0.25, 0.3) is 6.08 Å². The van der Waals surface area contributed by atoms with Gasteiger partial charge in [0.05, 0.1) is 9.80 Å². The van der Waals surface area contributed by atoms with Crippen LogP contribution in [0.3, 0.4) is 0 Å². The molecule has 0 atom stereocenters. The van der Waals surface area contributed by atoms with E-state index >= 15 is 0 Å². The van der Waals surface area contributed by atoms with Crippen LogP contribution >= 0.6 is 23.4 Å². The number of carbonyl (C=O) groups is 2. The second kappa shape index (κ2) is 9.52. The number of sulfonamides is 1.